The second-order valence-electron chi connectivity index (χ2n) is 3.24. The van der Waals surface area contributed by atoms with Gasteiger partial charge >= 0.3 is 11.9 Å². The number of hydrogen-bond acceptors (Lipinski definition) is 4. The van der Waals surface area contributed by atoms with Crippen molar-refractivity contribution in [2.45, 2.75) is 20.5 Å². The molecule has 92 valence electrons. The van der Waals surface area contributed by atoms with Gasteiger partial charge in [-0.15, -0.1) is 0 Å². The van der Waals surface area contributed by atoms with Gasteiger partial charge in [-0.25, -0.2) is 8.78 Å². The van der Waals surface area contributed by atoms with Crippen molar-refractivity contribution >= 4 is 11.9 Å². The molecule has 0 aromatic heterocycles. The van der Waals surface area contributed by atoms with E-state index in [1.165, 1.54) is 0 Å². The van der Waals surface area contributed by atoms with E-state index in [4.69, 9.17) is 0 Å². The average molecular weight is 244 g/mol. The van der Waals surface area contributed by atoms with Crippen LogP contribution in [0.4, 0.5) is 8.78 Å². The van der Waals surface area contributed by atoms with Crippen LogP contribution in [0.2, 0.25) is 0 Å². The number of ether oxygens (including phenoxy) is 2. The summed E-state index contributed by atoms with van der Waals surface area (Å²) in [6, 6.07) is 1.47. The zero-order valence-electron chi connectivity index (χ0n) is 9.25. The van der Waals surface area contributed by atoms with Crippen molar-refractivity contribution in [2.24, 2.45) is 0 Å². The topological polar surface area (TPSA) is 52.6 Å². The molecule has 1 aromatic carbocycles. The van der Waals surface area contributed by atoms with Gasteiger partial charge < -0.3 is 9.47 Å². The summed E-state index contributed by atoms with van der Waals surface area (Å²) in [5, 5.41) is 0. The molecule has 0 saturated carbocycles. The van der Waals surface area contributed by atoms with E-state index in [9.17, 15) is 18.4 Å². The lowest BCUT2D eigenvalue weighted by molar-refractivity contribution is -0.142. The molecule has 0 N–H and O–H groups in total. The highest BCUT2D eigenvalue weighted by atomic mass is 19.1. The van der Waals surface area contributed by atoms with Crippen molar-refractivity contribution in [3.63, 3.8) is 0 Å². The van der Waals surface area contributed by atoms with Crippen LogP contribution in [0.5, 0.6) is 5.75 Å². The Bertz CT molecular complexity index is 457. The minimum Gasteiger partial charge on any atom is -0.461 e. The van der Waals surface area contributed by atoms with Crippen molar-refractivity contribution in [3.05, 3.63) is 29.3 Å². The van der Waals surface area contributed by atoms with Crippen LogP contribution in [0.15, 0.2) is 12.1 Å². The smallest absolute Gasteiger partial charge is 0.308 e. The van der Waals surface area contributed by atoms with Crippen molar-refractivity contribution in [2.75, 3.05) is 0 Å². The maximum absolute atomic E-state index is 13.4. The Hall–Kier alpha value is -1.98. The number of carbonyl (C=O) groups excluding carboxylic acids is 2. The molecule has 0 spiro atoms. The fourth-order valence-corrected chi connectivity index (χ4v) is 1.14. The number of halogens is 2. The molecule has 0 unspecified atom stereocenters. The lowest BCUT2D eigenvalue weighted by Crippen LogP contribution is -2.08. The molecule has 0 radical (unpaired) electrons. The van der Waals surface area contributed by atoms with Gasteiger partial charge in [0.2, 0.25) is 0 Å². The zero-order chi connectivity index (χ0) is 13.0. The highest BCUT2D eigenvalue weighted by Gasteiger charge is 2.15. The van der Waals surface area contributed by atoms with Crippen molar-refractivity contribution in [1.82, 2.24) is 0 Å². The molecule has 4 nitrogen and oxygen atoms in total. The number of rotatable bonds is 3. The van der Waals surface area contributed by atoms with E-state index in [1.807, 2.05) is 0 Å². The first-order valence-electron chi connectivity index (χ1n) is 4.70. The highest BCUT2D eigenvalue weighted by molar-refractivity contribution is 5.70. The summed E-state index contributed by atoms with van der Waals surface area (Å²) in [6.45, 7) is 1.81. The summed E-state index contributed by atoms with van der Waals surface area (Å²) >= 11 is 0. The van der Waals surface area contributed by atoms with E-state index in [2.05, 4.69) is 9.47 Å². The van der Waals surface area contributed by atoms with Gasteiger partial charge in [-0.05, 0) is 0 Å². The predicted octanol–water partition coefficient (Wildman–Crippen LogP) is 1.95. The largest absolute Gasteiger partial charge is 0.461 e. The van der Waals surface area contributed by atoms with Gasteiger partial charge in [-0.3, -0.25) is 9.59 Å². The van der Waals surface area contributed by atoms with Gasteiger partial charge in [0.25, 0.3) is 0 Å². The quantitative estimate of drug-likeness (QED) is 0.602. The molecule has 0 atom stereocenters. The predicted molar refractivity (Wildman–Crippen MR) is 53.1 cm³/mol. The molecule has 1 rings (SSSR count). The second kappa shape index (κ2) is 5.38. The van der Waals surface area contributed by atoms with Crippen LogP contribution < -0.4 is 4.74 Å². The van der Waals surface area contributed by atoms with Gasteiger partial charge in [0, 0.05) is 26.0 Å². The fraction of sp³-hybridized carbons (Fsp3) is 0.273. The minimum atomic E-state index is -0.942. The van der Waals surface area contributed by atoms with Crippen LogP contribution in [0.25, 0.3) is 0 Å². The zero-order valence-corrected chi connectivity index (χ0v) is 9.25. The third-order valence-corrected chi connectivity index (χ3v) is 1.79. The van der Waals surface area contributed by atoms with Gasteiger partial charge in [-0.2, -0.15) is 0 Å². The summed E-state index contributed by atoms with van der Waals surface area (Å²) in [7, 11) is 0. The van der Waals surface area contributed by atoms with Crippen LogP contribution in [-0.2, 0) is 20.9 Å². The number of benzene rings is 1. The van der Waals surface area contributed by atoms with E-state index < -0.39 is 30.2 Å². The summed E-state index contributed by atoms with van der Waals surface area (Å²) in [5.41, 5.74) is -0.184. The molecule has 6 heteroatoms. The van der Waals surface area contributed by atoms with E-state index in [1.54, 1.807) is 0 Å². The van der Waals surface area contributed by atoms with E-state index >= 15 is 0 Å². The van der Waals surface area contributed by atoms with Crippen LogP contribution in [0.3, 0.4) is 0 Å². The van der Waals surface area contributed by atoms with Gasteiger partial charge in [0.15, 0.2) is 0 Å². The Kier molecular flexibility index (Phi) is 4.14. The average Bonchev–Trinajstić information content (AvgIpc) is 2.14. The van der Waals surface area contributed by atoms with Crippen LogP contribution in [0.1, 0.15) is 19.4 Å². The van der Waals surface area contributed by atoms with Crippen molar-refractivity contribution in [3.8, 4) is 5.75 Å². The van der Waals surface area contributed by atoms with E-state index in [0.29, 0.717) is 6.07 Å². The van der Waals surface area contributed by atoms with Gasteiger partial charge in [-0.1, -0.05) is 0 Å². The Balaban J connectivity index is 3.06. The van der Waals surface area contributed by atoms with Crippen molar-refractivity contribution < 1.29 is 27.8 Å². The monoisotopic (exact) mass is 244 g/mol. The van der Waals surface area contributed by atoms with Crippen LogP contribution in [-0.4, -0.2) is 11.9 Å². The van der Waals surface area contributed by atoms with Crippen LogP contribution >= 0.6 is 0 Å². The summed E-state index contributed by atoms with van der Waals surface area (Å²) in [6.07, 6.45) is 0. The minimum absolute atomic E-state index is 0.184. The molecule has 0 aliphatic rings. The molecule has 0 bridgehead atoms. The summed E-state index contributed by atoms with van der Waals surface area (Å²) in [4.78, 5) is 21.4. The SMILES string of the molecule is CC(=O)OCc1c(F)cc(F)cc1OC(C)=O. The first-order chi connectivity index (χ1) is 7.90. The Morgan fingerprint density at radius 3 is 2.35 bits per heavy atom. The molecule has 0 saturated heterocycles. The highest BCUT2D eigenvalue weighted by Crippen LogP contribution is 2.24. The molecule has 17 heavy (non-hydrogen) atoms. The first kappa shape index (κ1) is 13.1. The Morgan fingerprint density at radius 1 is 1.18 bits per heavy atom. The third-order valence-electron chi connectivity index (χ3n) is 1.79. The maximum atomic E-state index is 13.4. The molecular weight excluding hydrogens is 234 g/mol. The van der Waals surface area contributed by atoms with E-state index in [0.717, 1.165) is 19.9 Å². The summed E-state index contributed by atoms with van der Waals surface area (Å²) < 4.78 is 35.5. The fourth-order valence-electron chi connectivity index (χ4n) is 1.14. The Morgan fingerprint density at radius 2 is 1.82 bits per heavy atom. The number of hydrogen-bond donors (Lipinski definition) is 0. The molecular formula is C11H10F2O4. The number of carbonyl (C=O) groups is 2. The number of esters is 2. The maximum Gasteiger partial charge on any atom is 0.308 e. The lowest BCUT2D eigenvalue weighted by Gasteiger charge is -2.10. The van der Waals surface area contributed by atoms with Crippen LogP contribution in [0, 0.1) is 11.6 Å². The first-order valence-corrected chi connectivity index (χ1v) is 4.70. The molecule has 0 aliphatic heterocycles. The second-order valence-corrected chi connectivity index (χ2v) is 3.24. The Labute approximate surface area is 96.1 Å². The third kappa shape index (κ3) is 3.82. The molecule has 0 amide bonds. The molecule has 0 aliphatic carbocycles. The molecule has 0 fully saturated rings. The van der Waals surface area contributed by atoms with Crippen molar-refractivity contribution in [1.29, 1.82) is 0 Å². The lowest BCUT2D eigenvalue weighted by atomic mass is 10.2. The standard InChI is InChI=1S/C11H10F2O4/c1-6(14)16-5-9-10(13)3-8(12)4-11(9)17-7(2)15/h3-4H,5H2,1-2H3. The molecule has 1 aromatic rings. The van der Waals surface area contributed by atoms with E-state index in [-0.39, 0.29) is 11.3 Å². The van der Waals surface area contributed by atoms with Gasteiger partial charge in [0.05, 0.1) is 5.56 Å². The summed E-state index contributed by atoms with van der Waals surface area (Å²) in [5.74, 6) is -3.47. The van der Waals surface area contributed by atoms with Gasteiger partial charge in [0.1, 0.15) is 24.0 Å². The normalized spacial score (nSPS) is 9.88. The molecule has 0 heterocycles.